The lowest BCUT2D eigenvalue weighted by atomic mass is 10.0. The van der Waals surface area contributed by atoms with Crippen molar-refractivity contribution in [2.45, 2.75) is 23.8 Å². The highest BCUT2D eigenvalue weighted by molar-refractivity contribution is 9.09. The number of halogens is 1. The van der Waals surface area contributed by atoms with Crippen LogP contribution in [0.2, 0.25) is 0 Å². The van der Waals surface area contributed by atoms with Crippen LogP contribution >= 0.6 is 15.9 Å². The predicted molar refractivity (Wildman–Crippen MR) is 74.6 cm³/mol. The second-order valence-corrected chi connectivity index (χ2v) is 5.55. The first-order chi connectivity index (χ1) is 8.34. The lowest BCUT2D eigenvalue weighted by Crippen LogP contribution is -2.12. The molecule has 1 aliphatic heterocycles. The lowest BCUT2D eigenvalue weighted by molar-refractivity contribution is 0.110. The van der Waals surface area contributed by atoms with Crippen LogP contribution < -0.4 is 0 Å². The van der Waals surface area contributed by atoms with Crippen molar-refractivity contribution in [3.63, 3.8) is 0 Å². The summed E-state index contributed by atoms with van der Waals surface area (Å²) < 4.78 is 5.73. The minimum Gasteiger partial charge on any atom is -0.377 e. The quantitative estimate of drug-likeness (QED) is 0.742. The number of ether oxygens (including phenoxy) is 1. The maximum atomic E-state index is 5.73. The molecule has 0 aliphatic carbocycles. The van der Waals surface area contributed by atoms with E-state index < -0.39 is 0 Å². The van der Waals surface area contributed by atoms with Crippen molar-refractivity contribution in [2.75, 3.05) is 6.61 Å². The van der Waals surface area contributed by atoms with Crippen molar-refractivity contribution in [3.8, 4) is 0 Å². The van der Waals surface area contributed by atoms with Crippen LogP contribution in [-0.4, -0.2) is 12.7 Å². The highest BCUT2D eigenvalue weighted by Gasteiger charge is 2.24. The first-order valence-corrected chi connectivity index (χ1v) is 7.00. The summed E-state index contributed by atoms with van der Waals surface area (Å²) in [5.41, 5.74) is 1.32. The SMILES string of the molecule is Br[C@H](c1ccc2ccccc2c1)[C@H]1CCCO1. The smallest absolute Gasteiger partial charge is 0.0741 e. The molecule has 17 heavy (non-hydrogen) atoms. The molecule has 2 heteroatoms. The standard InChI is InChI=1S/C15H15BrO/c16-15(14-6-3-9-17-14)13-8-7-11-4-1-2-5-12(11)10-13/h1-2,4-5,7-8,10,14-15H,3,6,9H2/t14-,15-/m1/s1. The minimum atomic E-state index is 0.314. The molecule has 88 valence electrons. The van der Waals surface area contributed by atoms with Gasteiger partial charge in [0, 0.05) is 6.61 Å². The Morgan fingerprint density at radius 2 is 1.94 bits per heavy atom. The van der Waals surface area contributed by atoms with Crippen LogP contribution in [-0.2, 0) is 4.74 Å². The van der Waals surface area contributed by atoms with Gasteiger partial charge in [0.1, 0.15) is 0 Å². The van der Waals surface area contributed by atoms with Crippen LogP contribution in [0.5, 0.6) is 0 Å². The molecule has 2 atom stereocenters. The zero-order valence-electron chi connectivity index (χ0n) is 9.60. The Morgan fingerprint density at radius 3 is 2.71 bits per heavy atom. The van der Waals surface area contributed by atoms with Crippen LogP contribution in [0.15, 0.2) is 42.5 Å². The Labute approximate surface area is 110 Å². The Hall–Kier alpha value is -0.860. The maximum absolute atomic E-state index is 5.73. The summed E-state index contributed by atoms with van der Waals surface area (Å²) in [7, 11) is 0. The molecular formula is C15H15BrO. The minimum absolute atomic E-state index is 0.314. The summed E-state index contributed by atoms with van der Waals surface area (Å²) in [6.07, 6.45) is 2.67. The summed E-state index contributed by atoms with van der Waals surface area (Å²) in [5.74, 6) is 0. The fraction of sp³-hybridized carbons (Fsp3) is 0.333. The summed E-state index contributed by atoms with van der Waals surface area (Å²) in [4.78, 5) is 0.314. The molecule has 1 heterocycles. The van der Waals surface area contributed by atoms with Crippen molar-refractivity contribution < 1.29 is 4.74 Å². The Kier molecular flexibility index (Phi) is 3.17. The molecule has 0 saturated carbocycles. The fourth-order valence-electron chi connectivity index (χ4n) is 2.43. The van der Waals surface area contributed by atoms with Gasteiger partial charge in [0.15, 0.2) is 0 Å². The predicted octanol–water partition coefficient (Wildman–Crippen LogP) is 4.45. The van der Waals surface area contributed by atoms with Gasteiger partial charge in [0.25, 0.3) is 0 Å². The van der Waals surface area contributed by atoms with Gasteiger partial charge in [-0.3, -0.25) is 0 Å². The van der Waals surface area contributed by atoms with Crippen LogP contribution in [0, 0.1) is 0 Å². The Bertz CT molecular complexity index is 517. The van der Waals surface area contributed by atoms with Crippen LogP contribution in [0.3, 0.4) is 0 Å². The molecule has 0 unspecified atom stereocenters. The zero-order valence-corrected chi connectivity index (χ0v) is 11.2. The molecule has 0 amide bonds. The molecule has 3 rings (SSSR count). The molecule has 1 fully saturated rings. The number of hydrogen-bond acceptors (Lipinski definition) is 1. The summed E-state index contributed by atoms with van der Waals surface area (Å²) >= 11 is 3.77. The van der Waals surface area contributed by atoms with Crippen LogP contribution in [0.1, 0.15) is 23.2 Å². The van der Waals surface area contributed by atoms with E-state index >= 15 is 0 Å². The molecule has 0 bridgehead atoms. The summed E-state index contributed by atoms with van der Waals surface area (Å²) in [5, 5.41) is 2.59. The van der Waals surface area contributed by atoms with Crippen molar-refractivity contribution in [3.05, 3.63) is 48.0 Å². The summed E-state index contributed by atoms with van der Waals surface area (Å²) in [6, 6.07) is 15.1. The molecule has 2 aromatic carbocycles. The monoisotopic (exact) mass is 290 g/mol. The van der Waals surface area contributed by atoms with E-state index in [-0.39, 0.29) is 0 Å². The average Bonchev–Trinajstić information content (AvgIpc) is 2.91. The van der Waals surface area contributed by atoms with Crippen molar-refractivity contribution >= 4 is 26.7 Å². The number of alkyl halides is 1. The lowest BCUT2D eigenvalue weighted by Gasteiger charge is -2.17. The fourth-order valence-corrected chi connectivity index (χ4v) is 3.13. The molecular weight excluding hydrogens is 276 g/mol. The van der Waals surface area contributed by atoms with E-state index in [0.29, 0.717) is 10.9 Å². The average molecular weight is 291 g/mol. The van der Waals surface area contributed by atoms with Crippen molar-refractivity contribution in [1.29, 1.82) is 0 Å². The molecule has 0 spiro atoms. The van der Waals surface area contributed by atoms with E-state index in [9.17, 15) is 0 Å². The van der Waals surface area contributed by atoms with E-state index in [4.69, 9.17) is 4.74 Å². The highest BCUT2D eigenvalue weighted by Crippen LogP contribution is 2.35. The van der Waals surface area contributed by atoms with Gasteiger partial charge in [0.05, 0.1) is 10.9 Å². The van der Waals surface area contributed by atoms with E-state index in [2.05, 4.69) is 58.4 Å². The molecule has 2 aromatic rings. The van der Waals surface area contributed by atoms with Gasteiger partial charge in [-0.05, 0) is 35.2 Å². The second-order valence-electron chi connectivity index (χ2n) is 4.56. The number of hydrogen-bond donors (Lipinski definition) is 0. The van der Waals surface area contributed by atoms with Crippen molar-refractivity contribution in [2.24, 2.45) is 0 Å². The van der Waals surface area contributed by atoms with Crippen molar-refractivity contribution in [1.82, 2.24) is 0 Å². The molecule has 1 saturated heterocycles. The molecule has 0 aromatic heterocycles. The zero-order chi connectivity index (χ0) is 11.7. The molecule has 1 aliphatic rings. The van der Waals surface area contributed by atoms with Gasteiger partial charge < -0.3 is 4.74 Å². The van der Waals surface area contributed by atoms with Crippen LogP contribution in [0.4, 0.5) is 0 Å². The van der Waals surface area contributed by atoms with Gasteiger partial charge in [0.2, 0.25) is 0 Å². The normalized spacial score (nSPS) is 21.8. The van der Waals surface area contributed by atoms with Gasteiger partial charge in [-0.1, -0.05) is 52.3 Å². The van der Waals surface area contributed by atoms with E-state index in [1.807, 2.05) is 0 Å². The second kappa shape index (κ2) is 4.79. The van der Waals surface area contributed by atoms with Gasteiger partial charge in [-0.2, -0.15) is 0 Å². The third kappa shape index (κ3) is 2.24. The number of rotatable bonds is 2. The highest BCUT2D eigenvalue weighted by atomic mass is 79.9. The topological polar surface area (TPSA) is 9.23 Å². The van der Waals surface area contributed by atoms with Gasteiger partial charge >= 0.3 is 0 Å². The maximum Gasteiger partial charge on any atom is 0.0741 e. The third-order valence-corrected chi connectivity index (χ3v) is 4.50. The van der Waals surface area contributed by atoms with Gasteiger partial charge in [-0.15, -0.1) is 0 Å². The first kappa shape index (κ1) is 11.2. The van der Waals surface area contributed by atoms with E-state index in [0.717, 1.165) is 13.0 Å². The Balaban J connectivity index is 1.94. The van der Waals surface area contributed by atoms with Gasteiger partial charge in [-0.25, -0.2) is 0 Å². The Morgan fingerprint density at radius 1 is 1.12 bits per heavy atom. The number of benzene rings is 2. The first-order valence-electron chi connectivity index (χ1n) is 6.09. The number of fused-ring (bicyclic) bond motifs is 1. The van der Waals surface area contributed by atoms with Crippen LogP contribution in [0.25, 0.3) is 10.8 Å². The largest absolute Gasteiger partial charge is 0.377 e. The molecule has 0 radical (unpaired) electrons. The molecule has 0 N–H and O–H groups in total. The van der Waals surface area contributed by atoms with E-state index in [1.165, 1.54) is 22.8 Å². The molecule has 1 nitrogen and oxygen atoms in total. The van der Waals surface area contributed by atoms with E-state index in [1.54, 1.807) is 0 Å². The summed E-state index contributed by atoms with van der Waals surface area (Å²) in [6.45, 7) is 0.903. The third-order valence-electron chi connectivity index (χ3n) is 3.38.